The lowest BCUT2D eigenvalue weighted by Crippen LogP contribution is -2.20. The second kappa shape index (κ2) is 10.4. The Morgan fingerprint density at radius 1 is 0.794 bits per heavy atom. The van der Waals surface area contributed by atoms with E-state index in [0.29, 0.717) is 24.9 Å². The molecule has 6 heteroatoms. The summed E-state index contributed by atoms with van der Waals surface area (Å²) in [5.41, 5.74) is 13.7. The number of rotatable bonds is 8. The fourth-order valence-corrected chi connectivity index (χ4v) is 4.28. The number of hydrogen-bond acceptors (Lipinski definition) is 4. The maximum atomic E-state index is 12.8. The van der Waals surface area contributed by atoms with E-state index in [1.807, 2.05) is 68.4 Å². The van der Waals surface area contributed by atoms with Crippen LogP contribution in [0.3, 0.4) is 0 Å². The molecule has 0 aliphatic heterocycles. The second-order valence-corrected chi connectivity index (χ2v) is 8.67. The van der Waals surface area contributed by atoms with Crippen LogP contribution in [0, 0.1) is 13.8 Å². The SMILES string of the molecule is Cc1cc(Cc2cccc(NCc3c(C)cc(Cc4ccccc4)[nH]c3=O)c2)c(CN)c(=O)[nH]1. The summed E-state index contributed by atoms with van der Waals surface area (Å²) in [6.45, 7) is 4.47. The highest BCUT2D eigenvalue weighted by molar-refractivity contribution is 5.48. The molecule has 6 nitrogen and oxygen atoms in total. The molecule has 0 aliphatic carbocycles. The molecule has 0 atom stereocenters. The number of nitrogens with two attached hydrogens (primary N) is 1. The molecule has 34 heavy (non-hydrogen) atoms. The first kappa shape index (κ1) is 23.3. The van der Waals surface area contributed by atoms with E-state index in [2.05, 4.69) is 27.4 Å². The Kier molecular flexibility index (Phi) is 7.09. The van der Waals surface area contributed by atoms with Crippen LogP contribution in [0.5, 0.6) is 0 Å². The van der Waals surface area contributed by atoms with E-state index in [1.54, 1.807) is 0 Å². The van der Waals surface area contributed by atoms with Crippen molar-refractivity contribution < 1.29 is 0 Å². The van der Waals surface area contributed by atoms with E-state index >= 15 is 0 Å². The Balaban J connectivity index is 1.48. The molecule has 2 heterocycles. The quantitative estimate of drug-likeness (QED) is 0.324. The van der Waals surface area contributed by atoms with E-state index in [-0.39, 0.29) is 17.7 Å². The topological polar surface area (TPSA) is 104 Å². The number of hydrogen-bond donors (Lipinski definition) is 4. The summed E-state index contributed by atoms with van der Waals surface area (Å²) in [4.78, 5) is 30.8. The number of aryl methyl sites for hydroxylation is 2. The average Bonchev–Trinajstić information content (AvgIpc) is 2.79. The van der Waals surface area contributed by atoms with Gasteiger partial charge in [0.25, 0.3) is 11.1 Å². The first-order valence-electron chi connectivity index (χ1n) is 11.4. The highest BCUT2D eigenvalue weighted by Gasteiger charge is 2.10. The van der Waals surface area contributed by atoms with E-state index in [4.69, 9.17) is 5.73 Å². The smallest absolute Gasteiger partial charge is 0.253 e. The highest BCUT2D eigenvalue weighted by atomic mass is 16.1. The minimum atomic E-state index is -0.128. The third-order valence-electron chi connectivity index (χ3n) is 6.01. The molecule has 0 fully saturated rings. The van der Waals surface area contributed by atoms with Crippen molar-refractivity contribution in [3.05, 3.63) is 132 Å². The van der Waals surface area contributed by atoms with Crippen molar-refractivity contribution in [2.45, 2.75) is 39.8 Å². The summed E-state index contributed by atoms with van der Waals surface area (Å²) in [6, 6.07) is 22.1. The van der Waals surface area contributed by atoms with Gasteiger partial charge >= 0.3 is 0 Å². The first-order valence-corrected chi connectivity index (χ1v) is 11.4. The summed E-state index contributed by atoms with van der Waals surface area (Å²) >= 11 is 0. The van der Waals surface area contributed by atoms with Crippen LogP contribution in [0.2, 0.25) is 0 Å². The fraction of sp³-hybridized carbons (Fsp3) is 0.214. The van der Waals surface area contributed by atoms with Gasteiger partial charge in [0.05, 0.1) is 0 Å². The third-order valence-corrected chi connectivity index (χ3v) is 6.01. The lowest BCUT2D eigenvalue weighted by atomic mass is 10.00. The van der Waals surface area contributed by atoms with Crippen LogP contribution in [0.4, 0.5) is 5.69 Å². The maximum Gasteiger partial charge on any atom is 0.253 e. The van der Waals surface area contributed by atoms with Gasteiger partial charge in [-0.2, -0.15) is 0 Å². The molecular weight excluding hydrogens is 424 g/mol. The molecule has 0 saturated carbocycles. The molecule has 0 saturated heterocycles. The van der Waals surface area contributed by atoms with Crippen LogP contribution in [0.15, 0.2) is 76.3 Å². The molecule has 174 valence electrons. The van der Waals surface area contributed by atoms with Gasteiger partial charge in [-0.15, -0.1) is 0 Å². The van der Waals surface area contributed by atoms with Crippen LogP contribution < -0.4 is 22.2 Å². The molecule has 0 amide bonds. The zero-order valence-corrected chi connectivity index (χ0v) is 19.6. The minimum Gasteiger partial charge on any atom is -0.381 e. The molecule has 0 radical (unpaired) electrons. The third kappa shape index (κ3) is 5.53. The summed E-state index contributed by atoms with van der Waals surface area (Å²) in [6.07, 6.45) is 1.31. The standard InChI is InChI=1S/C28H30N4O2/c1-18-11-24(14-20-7-4-3-5-8-20)32-28(34)26(18)17-30-23-10-6-9-21(15-23)13-22-12-19(2)31-27(33)25(22)16-29/h3-12,15,30H,13-14,16-17,29H2,1-2H3,(H,31,33)(H,32,34). The van der Waals surface area contributed by atoms with Gasteiger partial charge in [0.1, 0.15) is 0 Å². The summed E-state index contributed by atoms with van der Waals surface area (Å²) in [5, 5.41) is 3.38. The van der Waals surface area contributed by atoms with Gasteiger partial charge < -0.3 is 21.0 Å². The largest absolute Gasteiger partial charge is 0.381 e. The maximum absolute atomic E-state index is 12.8. The molecule has 2 aromatic carbocycles. The number of anilines is 1. The van der Waals surface area contributed by atoms with Crippen LogP contribution in [0.1, 0.15) is 44.8 Å². The van der Waals surface area contributed by atoms with Gasteiger partial charge in [-0.25, -0.2) is 0 Å². The van der Waals surface area contributed by atoms with Gasteiger partial charge in [-0.05, 0) is 66.8 Å². The van der Waals surface area contributed by atoms with Crippen molar-refractivity contribution in [2.24, 2.45) is 5.73 Å². The first-order chi connectivity index (χ1) is 16.4. The van der Waals surface area contributed by atoms with E-state index in [1.165, 1.54) is 0 Å². The average molecular weight is 455 g/mol. The monoisotopic (exact) mass is 454 g/mol. The Labute approximate surface area is 198 Å². The van der Waals surface area contributed by atoms with Gasteiger partial charge in [-0.1, -0.05) is 42.5 Å². The van der Waals surface area contributed by atoms with Gasteiger partial charge in [0, 0.05) is 47.7 Å². The van der Waals surface area contributed by atoms with Crippen LogP contribution in [-0.2, 0) is 25.9 Å². The van der Waals surface area contributed by atoms with E-state index < -0.39 is 0 Å². The predicted octanol–water partition coefficient (Wildman–Crippen LogP) is 3.93. The van der Waals surface area contributed by atoms with Crippen molar-refractivity contribution in [2.75, 3.05) is 5.32 Å². The molecular formula is C28H30N4O2. The Morgan fingerprint density at radius 2 is 1.53 bits per heavy atom. The number of nitrogens with one attached hydrogen (secondary N) is 3. The Hall–Kier alpha value is -3.90. The lowest BCUT2D eigenvalue weighted by Gasteiger charge is -2.12. The number of benzene rings is 2. The minimum absolute atomic E-state index is 0.0684. The summed E-state index contributed by atoms with van der Waals surface area (Å²) < 4.78 is 0. The number of aromatic nitrogens is 2. The molecule has 5 N–H and O–H groups in total. The number of H-pyrrole nitrogens is 2. The lowest BCUT2D eigenvalue weighted by molar-refractivity contribution is 0.952. The van der Waals surface area contributed by atoms with Crippen molar-refractivity contribution in [1.82, 2.24) is 9.97 Å². The van der Waals surface area contributed by atoms with Crippen LogP contribution in [-0.4, -0.2) is 9.97 Å². The van der Waals surface area contributed by atoms with Crippen molar-refractivity contribution in [1.29, 1.82) is 0 Å². The highest BCUT2D eigenvalue weighted by Crippen LogP contribution is 2.18. The Bertz CT molecular complexity index is 1400. The molecule has 2 aromatic heterocycles. The summed E-state index contributed by atoms with van der Waals surface area (Å²) in [7, 11) is 0. The molecule has 4 rings (SSSR count). The molecule has 0 spiro atoms. The van der Waals surface area contributed by atoms with Gasteiger partial charge in [0.15, 0.2) is 0 Å². The van der Waals surface area contributed by atoms with Crippen molar-refractivity contribution >= 4 is 5.69 Å². The number of aromatic amines is 2. The molecule has 0 unspecified atom stereocenters. The van der Waals surface area contributed by atoms with Gasteiger partial charge in [0.2, 0.25) is 0 Å². The Morgan fingerprint density at radius 3 is 2.26 bits per heavy atom. The van der Waals surface area contributed by atoms with Gasteiger partial charge in [-0.3, -0.25) is 9.59 Å². The van der Waals surface area contributed by atoms with Crippen LogP contribution in [0.25, 0.3) is 0 Å². The van der Waals surface area contributed by atoms with Crippen molar-refractivity contribution in [3.63, 3.8) is 0 Å². The van der Waals surface area contributed by atoms with E-state index in [0.717, 1.165) is 44.9 Å². The second-order valence-electron chi connectivity index (χ2n) is 8.67. The van der Waals surface area contributed by atoms with E-state index in [9.17, 15) is 9.59 Å². The molecule has 0 aliphatic rings. The molecule has 4 aromatic rings. The normalized spacial score (nSPS) is 10.9. The predicted molar refractivity (Wildman–Crippen MR) is 137 cm³/mol. The van der Waals surface area contributed by atoms with Crippen LogP contribution >= 0.6 is 0 Å². The zero-order chi connectivity index (χ0) is 24.1. The zero-order valence-electron chi connectivity index (χ0n) is 19.6. The fourth-order valence-electron chi connectivity index (χ4n) is 4.28. The summed E-state index contributed by atoms with van der Waals surface area (Å²) in [5.74, 6) is 0. The number of pyridine rings is 2. The van der Waals surface area contributed by atoms with Crippen molar-refractivity contribution in [3.8, 4) is 0 Å². The molecule has 0 bridgehead atoms.